The molecule has 34 heavy (non-hydrogen) atoms. The summed E-state index contributed by atoms with van der Waals surface area (Å²) in [6.07, 6.45) is 3.73. The number of hydrogen-bond donors (Lipinski definition) is 2. The smallest absolute Gasteiger partial charge is 0.328 e. The molecule has 0 spiro atoms. The van der Waals surface area contributed by atoms with Crippen molar-refractivity contribution < 1.29 is 28.6 Å². The average Bonchev–Trinajstić information content (AvgIpc) is 3.17. The van der Waals surface area contributed by atoms with E-state index in [4.69, 9.17) is 19.3 Å². The van der Waals surface area contributed by atoms with E-state index in [2.05, 4.69) is 35.6 Å². The Kier molecular flexibility index (Phi) is 6.87. The van der Waals surface area contributed by atoms with Crippen LogP contribution < -0.4 is 20.1 Å². The molecule has 4 rings (SSSR count). The maximum Gasteiger partial charge on any atom is 0.328 e. The van der Waals surface area contributed by atoms with Crippen LogP contribution in [0.5, 0.6) is 11.5 Å². The van der Waals surface area contributed by atoms with Crippen LogP contribution in [0.3, 0.4) is 0 Å². The average molecular weight is 471 g/mol. The van der Waals surface area contributed by atoms with Crippen molar-refractivity contribution in [2.75, 3.05) is 26.8 Å². The molecule has 0 radical (unpaired) electrons. The molecule has 2 N–H and O–H groups in total. The summed E-state index contributed by atoms with van der Waals surface area (Å²) in [5.41, 5.74) is -0.696. The number of rotatable bonds is 9. The van der Waals surface area contributed by atoms with Gasteiger partial charge in [0, 0.05) is 44.7 Å². The van der Waals surface area contributed by atoms with Gasteiger partial charge in [0.25, 0.3) is 17.4 Å². The van der Waals surface area contributed by atoms with Gasteiger partial charge < -0.3 is 14.2 Å². The lowest BCUT2D eigenvalue weighted by Crippen LogP contribution is -2.69. The lowest BCUT2D eigenvalue weighted by Gasteiger charge is -2.34. The summed E-state index contributed by atoms with van der Waals surface area (Å²) < 4.78 is 16.9. The van der Waals surface area contributed by atoms with Gasteiger partial charge in [0.05, 0.1) is 6.61 Å². The number of hydrogen-bond acceptors (Lipinski definition) is 8. The molecule has 1 atom stereocenters. The Labute approximate surface area is 198 Å². The molecule has 1 aromatic carbocycles. The van der Waals surface area contributed by atoms with Crippen LogP contribution in [0.2, 0.25) is 0 Å². The molecule has 1 unspecified atom stereocenters. The van der Waals surface area contributed by atoms with Crippen molar-refractivity contribution in [1.82, 2.24) is 15.6 Å². The van der Waals surface area contributed by atoms with Crippen molar-refractivity contribution in [3.8, 4) is 11.5 Å². The first-order valence-electron chi connectivity index (χ1n) is 11.4. The molecular formula is C24H30N4O6. The maximum atomic E-state index is 12.5. The molecule has 182 valence electrons. The molecule has 0 saturated carbocycles. The highest BCUT2D eigenvalue weighted by molar-refractivity contribution is 6.21. The van der Waals surface area contributed by atoms with Gasteiger partial charge >= 0.3 is 6.03 Å². The second kappa shape index (κ2) is 9.84. The van der Waals surface area contributed by atoms with E-state index in [9.17, 15) is 14.4 Å². The Hall–Kier alpha value is -3.40. The number of hydrazone groups is 1. The number of barbiturate groups is 1. The Morgan fingerprint density at radius 1 is 1.09 bits per heavy atom. The van der Waals surface area contributed by atoms with Gasteiger partial charge in [0.1, 0.15) is 17.3 Å². The van der Waals surface area contributed by atoms with Crippen LogP contribution in [0, 0.1) is 11.8 Å². The van der Waals surface area contributed by atoms with E-state index >= 15 is 0 Å². The van der Waals surface area contributed by atoms with E-state index in [1.807, 2.05) is 0 Å². The molecule has 0 aromatic heterocycles. The van der Waals surface area contributed by atoms with Gasteiger partial charge in [-0.15, -0.1) is 0 Å². The van der Waals surface area contributed by atoms with E-state index in [0.717, 1.165) is 31.7 Å². The molecule has 2 aliphatic heterocycles. The molecule has 10 nitrogen and oxygen atoms in total. The lowest BCUT2D eigenvalue weighted by molar-refractivity contribution is -0.153. The van der Waals surface area contributed by atoms with Gasteiger partial charge in [0.2, 0.25) is 0 Å². The Bertz CT molecular complexity index is 997. The number of benzene rings is 1. The van der Waals surface area contributed by atoms with Crippen LogP contribution >= 0.6 is 0 Å². The fraction of sp³-hybridized carbons (Fsp3) is 0.500. The van der Waals surface area contributed by atoms with Gasteiger partial charge in [-0.3, -0.25) is 25.2 Å². The fourth-order valence-corrected chi connectivity index (χ4v) is 4.28. The summed E-state index contributed by atoms with van der Waals surface area (Å²) in [5, 5.41) is 11.1. The second-order valence-corrected chi connectivity index (χ2v) is 9.08. The van der Waals surface area contributed by atoms with Crippen molar-refractivity contribution in [2.45, 2.75) is 38.7 Å². The number of urea groups is 1. The second-order valence-electron chi connectivity index (χ2n) is 9.08. The van der Waals surface area contributed by atoms with Crippen LogP contribution in [-0.2, 0) is 14.3 Å². The topological polar surface area (TPSA) is 119 Å². The van der Waals surface area contributed by atoms with E-state index < -0.39 is 23.4 Å². The highest BCUT2D eigenvalue weighted by atomic mass is 16.5. The van der Waals surface area contributed by atoms with E-state index in [-0.39, 0.29) is 24.7 Å². The van der Waals surface area contributed by atoms with Crippen molar-refractivity contribution in [2.24, 2.45) is 16.9 Å². The SMILES string of the molecule is COCCC1(Oc2ccc(OC3=CC4CN(CC(C)C)N=C4CC3)cc2)C(=O)NC(=O)NC1=O. The molecule has 0 bridgehead atoms. The summed E-state index contributed by atoms with van der Waals surface area (Å²) >= 11 is 0. The number of amides is 4. The van der Waals surface area contributed by atoms with Crippen molar-refractivity contribution >= 4 is 23.6 Å². The minimum absolute atomic E-state index is 0.0569. The van der Waals surface area contributed by atoms with Crippen LogP contribution in [-0.4, -0.2) is 61.0 Å². The van der Waals surface area contributed by atoms with Gasteiger partial charge in [-0.05, 0) is 42.7 Å². The maximum absolute atomic E-state index is 12.5. The van der Waals surface area contributed by atoms with Crippen molar-refractivity contribution in [3.63, 3.8) is 0 Å². The lowest BCUT2D eigenvalue weighted by atomic mass is 9.93. The van der Waals surface area contributed by atoms with E-state index in [1.165, 1.54) is 12.8 Å². The van der Waals surface area contributed by atoms with Gasteiger partial charge in [-0.1, -0.05) is 13.8 Å². The first kappa shape index (κ1) is 23.7. The molecule has 1 aromatic rings. The van der Waals surface area contributed by atoms with Crippen molar-refractivity contribution in [1.29, 1.82) is 0 Å². The fourth-order valence-electron chi connectivity index (χ4n) is 4.28. The minimum atomic E-state index is -1.90. The molecule has 10 heteroatoms. The van der Waals surface area contributed by atoms with E-state index in [1.54, 1.807) is 24.3 Å². The van der Waals surface area contributed by atoms with Crippen LogP contribution in [0.1, 0.15) is 33.1 Å². The van der Waals surface area contributed by atoms with E-state index in [0.29, 0.717) is 11.7 Å². The standard InChI is InChI=1S/C24H30N4O6/c1-15(2)13-28-14-16-12-19(8-9-20(16)27-28)33-17-4-6-18(7-5-17)34-24(10-11-32-3)21(29)25-23(31)26-22(24)30/h4-7,12,15-16H,8-11,13-14H2,1-3H3,(H2,25,26,29,30,31). The number of carbonyl (C=O) groups excluding carboxylic acids is 3. The summed E-state index contributed by atoms with van der Waals surface area (Å²) in [4.78, 5) is 36.5. The number of methoxy groups -OCH3 is 1. The number of imide groups is 2. The quantitative estimate of drug-likeness (QED) is 0.531. The first-order valence-corrected chi connectivity index (χ1v) is 11.4. The summed E-state index contributed by atoms with van der Waals surface area (Å²) in [7, 11) is 1.45. The molecule has 1 aliphatic carbocycles. The molecule has 4 amide bonds. The Morgan fingerprint density at radius 3 is 2.41 bits per heavy atom. The minimum Gasteiger partial charge on any atom is -0.467 e. The predicted octanol–water partition coefficient (Wildman–Crippen LogP) is 2.21. The molecule has 1 saturated heterocycles. The Balaban J connectivity index is 1.42. The largest absolute Gasteiger partial charge is 0.467 e. The molecule has 2 heterocycles. The number of nitrogens with zero attached hydrogens (tertiary/aromatic N) is 2. The third-order valence-corrected chi connectivity index (χ3v) is 5.91. The molecule has 1 fully saturated rings. The van der Waals surface area contributed by atoms with Gasteiger partial charge in [-0.2, -0.15) is 5.10 Å². The highest BCUT2D eigenvalue weighted by Gasteiger charge is 2.52. The first-order chi connectivity index (χ1) is 16.3. The van der Waals surface area contributed by atoms with Crippen LogP contribution in [0.4, 0.5) is 4.79 Å². The number of allylic oxidation sites excluding steroid dienone is 1. The summed E-state index contributed by atoms with van der Waals surface area (Å²) in [6.45, 7) is 6.29. The van der Waals surface area contributed by atoms with Gasteiger partial charge in [-0.25, -0.2) is 4.79 Å². The Morgan fingerprint density at radius 2 is 1.76 bits per heavy atom. The zero-order valence-electron chi connectivity index (χ0n) is 19.6. The monoisotopic (exact) mass is 470 g/mol. The predicted molar refractivity (Wildman–Crippen MR) is 123 cm³/mol. The number of carbonyl (C=O) groups is 3. The van der Waals surface area contributed by atoms with Gasteiger partial charge in [0.15, 0.2) is 0 Å². The third kappa shape index (κ3) is 5.06. The van der Waals surface area contributed by atoms with Crippen LogP contribution in [0.15, 0.2) is 41.2 Å². The summed E-state index contributed by atoms with van der Waals surface area (Å²) in [5.74, 6) is 0.981. The highest BCUT2D eigenvalue weighted by Crippen LogP contribution is 2.31. The third-order valence-electron chi connectivity index (χ3n) is 5.91. The zero-order chi connectivity index (χ0) is 24.3. The summed E-state index contributed by atoms with van der Waals surface area (Å²) in [6, 6.07) is 5.80. The molecule has 3 aliphatic rings. The number of fused-ring (bicyclic) bond motifs is 1. The van der Waals surface area contributed by atoms with Crippen molar-refractivity contribution in [3.05, 3.63) is 36.1 Å². The zero-order valence-corrected chi connectivity index (χ0v) is 19.6. The normalized spacial score (nSPS) is 21.5. The van der Waals surface area contributed by atoms with Crippen LogP contribution in [0.25, 0.3) is 0 Å². The molecular weight excluding hydrogens is 440 g/mol. The number of ether oxygens (including phenoxy) is 3. The number of nitrogens with one attached hydrogen (secondary N) is 2.